The first-order valence-corrected chi connectivity index (χ1v) is 9.32. The minimum Gasteiger partial charge on any atom is -0.356 e. The monoisotopic (exact) mass is 461 g/mol. The molecule has 3 heterocycles. The van der Waals surface area contributed by atoms with Crippen LogP contribution in [0.5, 0.6) is 0 Å². The van der Waals surface area contributed by atoms with Crippen molar-refractivity contribution in [2.75, 3.05) is 39.8 Å². The Morgan fingerprint density at radius 3 is 2.76 bits per heavy atom. The Hall–Kier alpha value is -0.900. The molecule has 142 valence electrons. The van der Waals surface area contributed by atoms with Gasteiger partial charge >= 0.3 is 0 Å². The van der Waals surface area contributed by atoms with Crippen LogP contribution in [0.4, 0.5) is 0 Å². The van der Waals surface area contributed by atoms with Gasteiger partial charge in [0.1, 0.15) is 11.6 Å². The number of piperidine rings is 1. The molecular formula is C17H32IN7. The van der Waals surface area contributed by atoms with Crippen LogP contribution < -0.4 is 10.6 Å². The maximum atomic E-state index is 4.35. The van der Waals surface area contributed by atoms with Crippen molar-refractivity contribution in [3.05, 3.63) is 11.6 Å². The molecule has 1 unspecified atom stereocenters. The highest BCUT2D eigenvalue weighted by atomic mass is 127. The molecule has 1 aromatic heterocycles. The van der Waals surface area contributed by atoms with Gasteiger partial charge in [0.05, 0.1) is 0 Å². The van der Waals surface area contributed by atoms with E-state index in [1.165, 1.54) is 32.4 Å². The normalized spacial score (nSPS) is 21.4. The lowest BCUT2D eigenvalue weighted by atomic mass is 9.99. The van der Waals surface area contributed by atoms with Crippen LogP contribution in [0.2, 0.25) is 0 Å². The van der Waals surface area contributed by atoms with Crippen LogP contribution in [-0.2, 0) is 13.0 Å². The highest BCUT2D eigenvalue weighted by molar-refractivity contribution is 14.0. The first-order valence-electron chi connectivity index (χ1n) is 9.32. The highest BCUT2D eigenvalue weighted by Gasteiger charge is 2.21. The molecule has 0 radical (unpaired) electrons. The first kappa shape index (κ1) is 20.4. The van der Waals surface area contributed by atoms with E-state index in [0.29, 0.717) is 5.92 Å². The topological polar surface area (TPSA) is 70.4 Å². The van der Waals surface area contributed by atoms with Crippen molar-refractivity contribution in [2.24, 2.45) is 10.9 Å². The van der Waals surface area contributed by atoms with E-state index in [1.807, 2.05) is 14.0 Å². The quantitative estimate of drug-likeness (QED) is 0.395. The predicted octanol–water partition coefficient (Wildman–Crippen LogP) is 1.42. The number of aliphatic imine (C=N–C) groups is 1. The third-order valence-corrected chi connectivity index (χ3v) is 5.18. The van der Waals surface area contributed by atoms with Gasteiger partial charge in [-0.25, -0.2) is 0 Å². The molecule has 1 aromatic rings. The summed E-state index contributed by atoms with van der Waals surface area (Å²) in [6.07, 6.45) is 6.27. The number of fused-ring (bicyclic) bond motifs is 1. The summed E-state index contributed by atoms with van der Waals surface area (Å²) in [4.78, 5) is 6.89. The number of guanidine groups is 1. The lowest BCUT2D eigenvalue weighted by molar-refractivity contribution is 0.232. The standard InChI is InChI=1S/C17H31N7.HI/c1-14-21-22-16-7-6-15(13-24(14)16)12-20-17(18-2)19-8-11-23-9-4-3-5-10-23;/h15H,3-13H2,1-2H3,(H2,18,19,20);1H. The Labute approximate surface area is 168 Å². The smallest absolute Gasteiger partial charge is 0.191 e. The number of aromatic nitrogens is 3. The van der Waals surface area contributed by atoms with Gasteiger partial charge in [-0.15, -0.1) is 34.2 Å². The van der Waals surface area contributed by atoms with Crippen LogP contribution >= 0.6 is 24.0 Å². The number of nitrogens with zero attached hydrogens (tertiary/aromatic N) is 5. The molecule has 1 fully saturated rings. The molecule has 1 atom stereocenters. The minimum absolute atomic E-state index is 0. The van der Waals surface area contributed by atoms with Crippen LogP contribution in [0.25, 0.3) is 0 Å². The zero-order chi connectivity index (χ0) is 16.8. The zero-order valence-electron chi connectivity index (χ0n) is 15.5. The third-order valence-electron chi connectivity index (χ3n) is 5.18. The third kappa shape index (κ3) is 5.80. The molecule has 1 saturated heterocycles. The molecule has 0 spiro atoms. The second kappa shape index (κ2) is 10.3. The Kier molecular flexibility index (Phi) is 8.41. The number of halogens is 1. The van der Waals surface area contributed by atoms with E-state index in [9.17, 15) is 0 Å². The van der Waals surface area contributed by atoms with Crippen LogP contribution in [0.3, 0.4) is 0 Å². The summed E-state index contributed by atoms with van der Waals surface area (Å²) in [6.45, 7) is 8.54. The van der Waals surface area contributed by atoms with Gasteiger partial charge in [0.15, 0.2) is 5.96 Å². The number of hydrogen-bond donors (Lipinski definition) is 2. The fourth-order valence-corrected chi connectivity index (χ4v) is 3.67. The summed E-state index contributed by atoms with van der Waals surface area (Å²) in [5, 5.41) is 15.4. The lowest BCUT2D eigenvalue weighted by Gasteiger charge is -2.27. The number of likely N-dealkylation sites (tertiary alicyclic amines) is 1. The Bertz CT molecular complexity index is 551. The molecule has 7 nitrogen and oxygen atoms in total. The second-order valence-electron chi connectivity index (χ2n) is 6.96. The average Bonchev–Trinajstić information content (AvgIpc) is 2.99. The van der Waals surface area contributed by atoms with Gasteiger partial charge in [-0.2, -0.15) is 0 Å². The van der Waals surface area contributed by atoms with Gasteiger partial charge < -0.3 is 20.1 Å². The molecule has 2 N–H and O–H groups in total. The van der Waals surface area contributed by atoms with Gasteiger partial charge in [0.25, 0.3) is 0 Å². The van der Waals surface area contributed by atoms with Crippen molar-refractivity contribution >= 4 is 29.9 Å². The average molecular weight is 461 g/mol. The molecule has 0 saturated carbocycles. The highest BCUT2D eigenvalue weighted by Crippen LogP contribution is 2.19. The SMILES string of the molecule is CN=C(NCCN1CCCCC1)NCC1CCc2nnc(C)n2C1.I. The minimum atomic E-state index is 0. The van der Waals surface area contributed by atoms with Crippen molar-refractivity contribution in [2.45, 2.75) is 45.6 Å². The number of rotatable bonds is 5. The molecule has 25 heavy (non-hydrogen) atoms. The molecule has 8 heteroatoms. The summed E-state index contributed by atoms with van der Waals surface area (Å²) >= 11 is 0. The molecule has 2 aliphatic rings. The fraction of sp³-hybridized carbons (Fsp3) is 0.824. The molecule has 2 aliphatic heterocycles. The summed E-state index contributed by atoms with van der Waals surface area (Å²) in [6, 6.07) is 0. The van der Waals surface area contributed by atoms with E-state index in [2.05, 4.69) is 35.3 Å². The fourth-order valence-electron chi connectivity index (χ4n) is 3.67. The molecule has 0 bridgehead atoms. The largest absolute Gasteiger partial charge is 0.356 e. The summed E-state index contributed by atoms with van der Waals surface area (Å²) < 4.78 is 2.25. The van der Waals surface area contributed by atoms with Crippen molar-refractivity contribution in [1.29, 1.82) is 0 Å². The molecule has 0 aromatic carbocycles. The molecule has 3 rings (SSSR count). The van der Waals surface area contributed by atoms with Crippen molar-refractivity contribution in [3.8, 4) is 0 Å². The van der Waals surface area contributed by atoms with E-state index in [1.54, 1.807) is 0 Å². The van der Waals surface area contributed by atoms with E-state index < -0.39 is 0 Å². The van der Waals surface area contributed by atoms with Crippen molar-refractivity contribution < 1.29 is 0 Å². The number of hydrogen-bond acceptors (Lipinski definition) is 4. The van der Waals surface area contributed by atoms with E-state index >= 15 is 0 Å². The lowest BCUT2D eigenvalue weighted by Crippen LogP contribution is -2.44. The molecular weight excluding hydrogens is 429 g/mol. The Balaban J connectivity index is 0.00000225. The Morgan fingerprint density at radius 1 is 1.20 bits per heavy atom. The van der Waals surface area contributed by atoms with E-state index in [4.69, 9.17) is 0 Å². The van der Waals surface area contributed by atoms with Gasteiger partial charge in [-0.05, 0) is 45.2 Å². The van der Waals surface area contributed by atoms with Gasteiger partial charge in [-0.1, -0.05) is 6.42 Å². The van der Waals surface area contributed by atoms with Crippen LogP contribution in [-0.4, -0.2) is 65.4 Å². The number of aryl methyl sites for hydroxylation is 2. The zero-order valence-corrected chi connectivity index (χ0v) is 17.8. The molecule has 0 aliphatic carbocycles. The van der Waals surface area contributed by atoms with Crippen LogP contribution in [0, 0.1) is 12.8 Å². The number of nitrogens with one attached hydrogen (secondary N) is 2. The van der Waals surface area contributed by atoms with Crippen LogP contribution in [0.1, 0.15) is 37.3 Å². The van der Waals surface area contributed by atoms with Gasteiger partial charge in [0.2, 0.25) is 0 Å². The van der Waals surface area contributed by atoms with E-state index in [-0.39, 0.29) is 24.0 Å². The summed E-state index contributed by atoms with van der Waals surface area (Å²) in [7, 11) is 1.85. The van der Waals surface area contributed by atoms with Crippen LogP contribution in [0.15, 0.2) is 4.99 Å². The first-order chi connectivity index (χ1) is 11.8. The van der Waals surface area contributed by atoms with E-state index in [0.717, 1.165) is 56.6 Å². The molecule has 0 amide bonds. The maximum absolute atomic E-state index is 4.35. The van der Waals surface area contributed by atoms with Crippen molar-refractivity contribution in [3.63, 3.8) is 0 Å². The van der Waals surface area contributed by atoms with Crippen molar-refractivity contribution in [1.82, 2.24) is 30.3 Å². The maximum Gasteiger partial charge on any atom is 0.191 e. The second-order valence-corrected chi connectivity index (χ2v) is 6.96. The summed E-state index contributed by atoms with van der Waals surface area (Å²) in [5.41, 5.74) is 0. The summed E-state index contributed by atoms with van der Waals surface area (Å²) in [5.74, 6) is 3.68. The van der Waals surface area contributed by atoms with Gasteiger partial charge in [0, 0.05) is 39.6 Å². The Morgan fingerprint density at radius 2 is 2.00 bits per heavy atom. The van der Waals surface area contributed by atoms with Gasteiger partial charge in [-0.3, -0.25) is 4.99 Å². The predicted molar refractivity (Wildman–Crippen MR) is 112 cm³/mol.